The predicted octanol–water partition coefficient (Wildman–Crippen LogP) is 2.28. The van der Waals surface area contributed by atoms with Crippen molar-refractivity contribution in [1.82, 2.24) is 0 Å². The van der Waals surface area contributed by atoms with Crippen LogP contribution in [-0.2, 0) is 9.59 Å². The van der Waals surface area contributed by atoms with Crippen LogP contribution in [0.1, 0.15) is 6.42 Å². The number of hydrogen-bond acceptors (Lipinski definition) is 4. The third-order valence-electron chi connectivity index (χ3n) is 1.66. The third-order valence-corrected chi connectivity index (χ3v) is 4.28. The zero-order valence-corrected chi connectivity index (χ0v) is 9.47. The first-order chi connectivity index (χ1) is 7.34. The number of Topliss-reactive ketones (excluding diaryl/α,β-unsaturated/α-hetero) is 1. The molecule has 0 amide bonds. The summed E-state index contributed by atoms with van der Waals surface area (Å²) in [5, 5.41) is 8.65. The molecule has 1 N–H and O–H groups in total. The van der Waals surface area contributed by atoms with Crippen LogP contribution in [0.15, 0.2) is 9.81 Å². The van der Waals surface area contributed by atoms with Crippen LogP contribution in [0.25, 0.3) is 0 Å². The molecule has 0 aromatic carbocycles. The van der Waals surface area contributed by atoms with E-state index in [1.165, 1.54) is 0 Å². The van der Waals surface area contributed by atoms with Crippen molar-refractivity contribution in [3.8, 4) is 0 Å². The number of aliphatic carboxylic acids is 1. The Bertz CT molecular complexity index is 341. The molecule has 0 radical (unpaired) electrons. The van der Waals surface area contributed by atoms with Gasteiger partial charge in [0.2, 0.25) is 0 Å². The summed E-state index contributed by atoms with van der Waals surface area (Å²) in [5.74, 6) is -3.04. The van der Waals surface area contributed by atoms with Crippen molar-refractivity contribution < 1.29 is 27.9 Å². The maximum absolute atomic E-state index is 12.1. The average molecular weight is 272 g/mol. The van der Waals surface area contributed by atoms with Gasteiger partial charge in [0.25, 0.3) is 5.78 Å². The number of hydrogen-bond donors (Lipinski definition) is 1. The molecule has 1 rings (SSSR count). The maximum atomic E-state index is 12.1. The second-order valence-electron chi connectivity index (χ2n) is 2.84. The first-order valence-corrected chi connectivity index (χ1v) is 6.16. The Morgan fingerprint density at radius 1 is 1.19 bits per heavy atom. The molecule has 0 saturated carbocycles. The minimum atomic E-state index is -5.14. The highest BCUT2D eigenvalue weighted by Crippen LogP contribution is 2.39. The van der Waals surface area contributed by atoms with E-state index in [0.717, 1.165) is 29.9 Å². The molecule has 0 bridgehead atoms. The van der Waals surface area contributed by atoms with E-state index in [-0.39, 0.29) is 4.24 Å². The summed E-state index contributed by atoms with van der Waals surface area (Å²) in [4.78, 5) is 21.6. The van der Waals surface area contributed by atoms with Crippen molar-refractivity contribution in [3.05, 3.63) is 9.81 Å². The molecule has 1 saturated heterocycles. The molecule has 1 heterocycles. The first kappa shape index (κ1) is 13.4. The van der Waals surface area contributed by atoms with Crippen LogP contribution >= 0.6 is 23.5 Å². The average Bonchev–Trinajstić information content (AvgIpc) is 2.17. The standard InChI is InChI=1S/C8H7F3O3S2/c9-8(10,11)5(12)4(6(13)14)7-15-2-1-3-16-7/h1-3H2,(H,13,14). The number of carbonyl (C=O) groups is 2. The van der Waals surface area contributed by atoms with Crippen molar-refractivity contribution in [2.24, 2.45) is 0 Å². The topological polar surface area (TPSA) is 54.4 Å². The Balaban J connectivity index is 3.08. The number of carbonyl (C=O) groups excluding carboxylic acids is 1. The lowest BCUT2D eigenvalue weighted by atomic mass is 10.2. The van der Waals surface area contributed by atoms with Crippen molar-refractivity contribution >= 4 is 35.3 Å². The summed E-state index contributed by atoms with van der Waals surface area (Å²) in [6, 6.07) is 0. The van der Waals surface area contributed by atoms with Gasteiger partial charge in [-0.25, -0.2) is 4.79 Å². The Hall–Kier alpha value is -0.630. The Morgan fingerprint density at radius 2 is 1.69 bits per heavy atom. The summed E-state index contributed by atoms with van der Waals surface area (Å²) in [7, 11) is 0. The van der Waals surface area contributed by atoms with Gasteiger partial charge in [-0.2, -0.15) is 13.2 Å². The van der Waals surface area contributed by atoms with E-state index in [1.54, 1.807) is 0 Å². The molecular weight excluding hydrogens is 265 g/mol. The molecule has 1 fully saturated rings. The molecule has 0 spiro atoms. The molecule has 90 valence electrons. The maximum Gasteiger partial charge on any atom is 0.455 e. The molecule has 0 atom stereocenters. The van der Waals surface area contributed by atoms with E-state index in [4.69, 9.17) is 5.11 Å². The van der Waals surface area contributed by atoms with E-state index in [0.29, 0.717) is 11.5 Å². The van der Waals surface area contributed by atoms with Gasteiger partial charge in [-0.3, -0.25) is 4.79 Å². The first-order valence-electron chi connectivity index (χ1n) is 4.18. The number of ketones is 1. The summed E-state index contributed by atoms with van der Waals surface area (Å²) >= 11 is 1.97. The van der Waals surface area contributed by atoms with Crippen LogP contribution in [0.4, 0.5) is 13.2 Å². The second-order valence-corrected chi connectivity index (χ2v) is 5.31. The van der Waals surface area contributed by atoms with Crippen molar-refractivity contribution in [1.29, 1.82) is 0 Å². The van der Waals surface area contributed by atoms with Gasteiger partial charge in [0, 0.05) is 0 Å². The van der Waals surface area contributed by atoms with Gasteiger partial charge in [0.05, 0.1) is 4.24 Å². The fourth-order valence-electron chi connectivity index (χ4n) is 0.994. The number of halogens is 3. The van der Waals surface area contributed by atoms with Crippen molar-refractivity contribution in [3.63, 3.8) is 0 Å². The van der Waals surface area contributed by atoms with Crippen LogP contribution in [0, 0.1) is 0 Å². The molecule has 3 nitrogen and oxygen atoms in total. The smallest absolute Gasteiger partial charge is 0.455 e. The van der Waals surface area contributed by atoms with E-state index in [9.17, 15) is 22.8 Å². The minimum absolute atomic E-state index is 0.0407. The minimum Gasteiger partial charge on any atom is -0.477 e. The zero-order chi connectivity index (χ0) is 12.3. The van der Waals surface area contributed by atoms with Gasteiger partial charge in [0.1, 0.15) is 5.57 Å². The Kier molecular flexibility index (Phi) is 4.31. The number of carboxylic acids is 1. The summed E-state index contributed by atoms with van der Waals surface area (Å²) < 4.78 is 36.4. The van der Waals surface area contributed by atoms with Crippen LogP contribution in [0.2, 0.25) is 0 Å². The summed E-state index contributed by atoms with van der Waals surface area (Å²) in [6.07, 6.45) is -4.36. The van der Waals surface area contributed by atoms with Crippen LogP contribution in [0.3, 0.4) is 0 Å². The molecule has 1 aliphatic rings. The van der Waals surface area contributed by atoms with Gasteiger partial charge in [-0.1, -0.05) is 0 Å². The lowest BCUT2D eigenvalue weighted by molar-refractivity contribution is -0.168. The quantitative estimate of drug-likeness (QED) is 0.475. The fraction of sp³-hybridized carbons (Fsp3) is 0.500. The lowest BCUT2D eigenvalue weighted by Gasteiger charge is -2.15. The van der Waals surface area contributed by atoms with E-state index >= 15 is 0 Å². The van der Waals surface area contributed by atoms with Crippen molar-refractivity contribution in [2.75, 3.05) is 11.5 Å². The highest BCUT2D eigenvalue weighted by atomic mass is 32.2. The van der Waals surface area contributed by atoms with Gasteiger partial charge < -0.3 is 5.11 Å². The molecule has 8 heteroatoms. The van der Waals surface area contributed by atoms with E-state index < -0.39 is 23.5 Å². The number of rotatable bonds is 2. The molecular formula is C8H7F3O3S2. The van der Waals surface area contributed by atoms with Crippen LogP contribution in [0.5, 0.6) is 0 Å². The Morgan fingerprint density at radius 3 is 2.06 bits per heavy atom. The third kappa shape index (κ3) is 3.18. The van der Waals surface area contributed by atoms with Gasteiger partial charge in [-0.05, 0) is 17.9 Å². The van der Waals surface area contributed by atoms with E-state index in [1.807, 2.05) is 0 Å². The number of carboxylic acid groups (broad SMARTS) is 1. The fourth-order valence-corrected chi connectivity index (χ4v) is 3.61. The van der Waals surface area contributed by atoms with Gasteiger partial charge in [-0.15, -0.1) is 23.5 Å². The van der Waals surface area contributed by atoms with Gasteiger partial charge in [0.15, 0.2) is 0 Å². The van der Waals surface area contributed by atoms with Gasteiger partial charge >= 0.3 is 12.1 Å². The highest BCUT2D eigenvalue weighted by Gasteiger charge is 2.44. The predicted molar refractivity (Wildman–Crippen MR) is 55.3 cm³/mol. The summed E-state index contributed by atoms with van der Waals surface area (Å²) in [6.45, 7) is 0. The second kappa shape index (κ2) is 5.13. The highest BCUT2D eigenvalue weighted by molar-refractivity contribution is 8.22. The molecule has 16 heavy (non-hydrogen) atoms. The molecule has 1 aliphatic heterocycles. The van der Waals surface area contributed by atoms with Crippen molar-refractivity contribution in [2.45, 2.75) is 12.6 Å². The lowest BCUT2D eigenvalue weighted by Crippen LogP contribution is -2.29. The number of thioether (sulfide) groups is 2. The molecule has 0 aromatic rings. The normalized spacial score (nSPS) is 17.1. The molecule has 0 aromatic heterocycles. The zero-order valence-electron chi connectivity index (χ0n) is 7.84. The molecule has 0 aliphatic carbocycles. The molecule has 0 unspecified atom stereocenters. The largest absolute Gasteiger partial charge is 0.477 e. The SMILES string of the molecule is O=C(O)C(C(=O)C(F)(F)F)=C1SCCCS1. The number of alkyl halides is 3. The summed E-state index contributed by atoms with van der Waals surface area (Å²) in [5.41, 5.74) is -1.15. The van der Waals surface area contributed by atoms with Crippen LogP contribution in [-0.4, -0.2) is 34.5 Å². The van der Waals surface area contributed by atoms with Crippen LogP contribution < -0.4 is 0 Å². The monoisotopic (exact) mass is 272 g/mol. The Labute approximate surface area is 97.5 Å². The van der Waals surface area contributed by atoms with E-state index in [2.05, 4.69) is 0 Å².